The molecule has 0 spiro atoms. The van der Waals surface area contributed by atoms with E-state index in [1.165, 1.54) is 6.08 Å². The number of nitrogens with one attached hydrogen (secondary N) is 1. The molecule has 0 radical (unpaired) electrons. The first-order valence-corrected chi connectivity index (χ1v) is 7.64. The summed E-state index contributed by atoms with van der Waals surface area (Å²) in [5, 5.41) is 3.00. The lowest BCUT2D eigenvalue weighted by Crippen LogP contribution is -2.35. The van der Waals surface area contributed by atoms with Crippen molar-refractivity contribution in [3.8, 4) is 0 Å². The number of hydrogen-bond acceptors (Lipinski definition) is 5. The number of carbonyl (C=O) groups is 3. The number of rotatable bonds is 7. The number of carbonyl (C=O) groups excluding carboxylic acids is 3. The van der Waals surface area contributed by atoms with Gasteiger partial charge in [0, 0.05) is 18.3 Å². The van der Waals surface area contributed by atoms with Crippen LogP contribution in [0.1, 0.15) is 41.0 Å². The van der Waals surface area contributed by atoms with Gasteiger partial charge in [0.25, 0.3) is 11.8 Å². The third kappa shape index (κ3) is 3.77. The van der Waals surface area contributed by atoms with Gasteiger partial charge in [0.15, 0.2) is 0 Å². The Kier molecular flexibility index (Phi) is 5.51. The van der Waals surface area contributed by atoms with Crippen LogP contribution in [0.4, 0.5) is 0 Å². The number of ether oxygens (including phenoxy) is 1. The van der Waals surface area contributed by atoms with Crippen molar-refractivity contribution in [3.05, 3.63) is 47.2 Å². The maximum atomic E-state index is 12.3. The van der Waals surface area contributed by atoms with Gasteiger partial charge in [-0.25, -0.2) is 4.79 Å². The number of hydrogen-bond donors (Lipinski definition) is 1. The monoisotopic (exact) mass is 316 g/mol. The van der Waals surface area contributed by atoms with Crippen molar-refractivity contribution in [2.75, 3.05) is 19.7 Å². The fraction of sp³-hybridized carbons (Fsp3) is 0.353. The highest BCUT2D eigenvalue weighted by molar-refractivity contribution is 6.21. The van der Waals surface area contributed by atoms with E-state index >= 15 is 0 Å². The summed E-state index contributed by atoms with van der Waals surface area (Å²) in [7, 11) is 0. The molecule has 0 saturated carbocycles. The van der Waals surface area contributed by atoms with Crippen LogP contribution in [0.2, 0.25) is 0 Å². The molecule has 1 aliphatic heterocycles. The van der Waals surface area contributed by atoms with Crippen LogP contribution in [0.5, 0.6) is 0 Å². The van der Waals surface area contributed by atoms with Crippen LogP contribution in [0.15, 0.2) is 36.0 Å². The molecule has 0 unspecified atom stereocenters. The Labute approximate surface area is 135 Å². The maximum Gasteiger partial charge on any atom is 0.332 e. The molecule has 0 atom stereocenters. The highest BCUT2D eigenvalue weighted by Gasteiger charge is 2.35. The van der Waals surface area contributed by atoms with Gasteiger partial charge >= 0.3 is 5.97 Å². The van der Waals surface area contributed by atoms with Gasteiger partial charge in [0.2, 0.25) is 0 Å². The van der Waals surface area contributed by atoms with Crippen LogP contribution in [-0.4, -0.2) is 42.4 Å². The molecule has 0 aromatic heterocycles. The van der Waals surface area contributed by atoms with E-state index in [1.54, 1.807) is 24.3 Å². The number of imide groups is 1. The number of fused-ring (bicyclic) bond motifs is 1. The number of benzene rings is 1. The molecule has 0 bridgehead atoms. The van der Waals surface area contributed by atoms with Crippen molar-refractivity contribution in [2.45, 2.75) is 20.3 Å². The molecule has 0 fully saturated rings. The summed E-state index contributed by atoms with van der Waals surface area (Å²) in [5.41, 5.74) is 1.26. The molecular weight excluding hydrogens is 296 g/mol. The van der Waals surface area contributed by atoms with Crippen molar-refractivity contribution in [1.29, 1.82) is 0 Å². The Bertz CT molecular complexity index is 617. The third-order valence-corrected chi connectivity index (χ3v) is 3.35. The zero-order chi connectivity index (χ0) is 16.8. The average Bonchev–Trinajstić information content (AvgIpc) is 2.78. The van der Waals surface area contributed by atoms with Gasteiger partial charge in [-0.15, -0.1) is 0 Å². The van der Waals surface area contributed by atoms with E-state index in [-0.39, 0.29) is 18.4 Å². The van der Waals surface area contributed by atoms with E-state index in [0.717, 1.165) is 11.3 Å². The lowest BCUT2D eigenvalue weighted by Gasteiger charge is -2.17. The molecule has 2 rings (SSSR count). The lowest BCUT2D eigenvalue weighted by molar-refractivity contribution is -0.137. The first kappa shape index (κ1) is 16.7. The van der Waals surface area contributed by atoms with E-state index in [0.29, 0.717) is 30.0 Å². The molecule has 0 saturated heterocycles. The summed E-state index contributed by atoms with van der Waals surface area (Å²) in [5.74, 6) is -1.19. The first-order chi connectivity index (χ1) is 11.1. The molecule has 6 heteroatoms. The van der Waals surface area contributed by atoms with Crippen LogP contribution < -0.4 is 5.32 Å². The normalized spacial score (nSPS) is 14.0. The van der Waals surface area contributed by atoms with Crippen molar-refractivity contribution < 1.29 is 19.1 Å². The summed E-state index contributed by atoms with van der Waals surface area (Å²) in [6.45, 7) is 4.69. The quantitative estimate of drug-likeness (QED) is 0.471. The Morgan fingerprint density at radius 3 is 2.30 bits per heavy atom. The molecule has 1 aliphatic rings. The summed E-state index contributed by atoms with van der Waals surface area (Å²) < 4.78 is 5.00. The Morgan fingerprint density at radius 2 is 1.78 bits per heavy atom. The van der Waals surface area contributed by atoms with E-state index in [1.807, 2.05) is 13.8 Å². The summed E-state index contributed by atoms with van der Waals surface area (Å²) in [4.78, 5) is 37.5. The first-order valence-electron chi connectivity index (χ1n) is 7.64. The van der Waals surface area contributed by atoms with Gasteiger partial charge < -0.3 is 10.1 Å². The predicted octanol–water partition coefficient (Wildman–Crippen LogP) is 1.73. The second-order valence-corrected chi connectivity index (χ2v) is 5.11. The largest absolute Gasteiger partial charge is 0.462 e. The van der Waals surface area contributed by atoms with Crippen LogP contribution in [0.25, 0.3) is 0 Å². The minimum Gasteiger partial charge on any atom is -0.462 e. The molecule has 122 valence electrons. The van der Waals surface area contributed by atoms with Gasteiger partial charge in [0.1, 0.15) is 0 Å². The SMILES string of the molecule is CCCOC(=O)/C=C(/CN1C(=O)c2ccccc2C1=O)NCC. The molecule has 0 aliphatic carbocycles. The molecule has 1 aromatic rings. The zero-order valence-electron chi connectivity index (χ0n) is 13.3. The minimum absolute atomic E-state index is 0.0153. The van der Waals surface area contributed by atoms with E-state index < -0.39 is 5.97 Å². The van der Waals surface area contributed by atoms with Gasteiger partial charge in [-0.05, 0) is 25.5 Å². The van der Waals surface area contributed by atoms with E-state index in [4.69, 9.17) is 4.74 Å². The lowest BCUT2D eigenvalue weighted by atomic mass is 10.1. The van der Waals surface area contributed by atoms with Crippen LogP contribution in [-0.2, 0) is 9.53 Å². The Hall–Kier alpha value is -2.63. The molecule has 1 aromatic carbocycles. The van der Waals surface area contributed by atoms with Crippen LogP contribution >= 0.6 is 0 Å². The van der Waals surface area contributed by atoms with Gasteiger partial charge in [0.05, 0.1) is 24.3 Å². The number of likely N-dealkylation sites (N-methyl/N-ethyl adjacent to an activating group) is 1. The van der Waals surface area contributed by atoms with Gasteiger partial charge in [-0.2, -0.15) is 0 Å². The predicted molar refractivity (Wildman–Crippen MR) is 84.8 cm³/mol. The second-order valence-electron chi connectivity index (χ2n) is 5.11. The van der Waals surface area contributed by atoms with E-state index in [9.17, 15) is 14.4 Å². The standard InChI is InChI=1S/C17H20N2O4/c1-3-9-23-15(20)10-12(18-4-2)11-19-16(21)13-7-5-6-8-14(13)17(19)22/h5-8,10,18H,3-4,9,11H2,1-2H3/b12-10-. The summed E-state index contributed by atoms with van der Waals surface area (Å²) in [6.07, 6.45) is 2.03. The van der Waals surface area contributed by atoms with Crippen molar-refractivity contribution in [3.63, 3.8) is 0 Å². The van der Waals surface area contributed by atoms with Gasteiger partial charge in [-0.1, -0.05) is 19.1 Å². The highest BCUT2D eigenvalue weighted by Crippen LogP contribution is 2.22. The van der Waals surface area contributed by atoms with Gasteiger partial charge in [-0.3, -0.25) is 14.5 Å². The van der Waals surface area contributed by atoms with Crippen LogP contribution in [0.3, 0.4) is 0 Å². The fourth-order valence-corrected chi connectivity index (χ4v) is 2.32. The summed E-state index contributed by atoms with van der Waals surface area (Å²) >= 11 is 0. The average molecular weight is 316 g/mol. The van der Waals surface area contributed by atoms with Crippen molar-refractivity contribution >= 4 is 17.8 Å². The molecule has 6 nitrogen and oxygen atoms in total. The van der Waals surface area contributed by atoms with Crippen molar-refractivity contribution in [2.24, 2.45) is 0 Å². The number of esters is 1. The Morgan fingerprint density at radius 1 is 1.17 bits per heavy atom. The van der Waals surface area contributed by atoms with Crippen molar-refractivity contribution in [1.82, 2.24) is 10.2 Å². The summed E-state index contributed by atoms with van der Waals surface area (Å²) in [6, 6.07) is 6.69. The molecule has 23 heavy (non-hydrogen) atoms. The zero-order valence-corrected chi connectivity index (χ0v) is 13.3. The fourth-order valence-electron chi connectivity index (χ4n) is 2.32. The highest BCUT2D eigenvalue weighted by atomic mass is 16.5. The Balaban J connectivity index is 2.15. The molecule has 1 heterocycles. The molecular formula is C17H20N2O4. The number of amides is 2. The minimum atomic E-state index is -0.487. The number of nitrogens with zero attached hydrogens (tertiary/aromatic N) is 1. The van der Waals surface area contributed by atoms with Crippen LogP contribution in [0, 0.1) is 0 Å². The smallest absolute Gasteiger partial charge is 0.332 e. The second kappa shape index (κ2) is 7.58. The maximum absolute atomic E-state index is 12.3. The third-order valence-electron chi connectivity index (χ3n) is 3.35. The van der Waals surface area contributed by atoms with E-state index in [2.05, 4.69) is 5.32 Å². The topological polar surface area (TPSA) is 75.7 Å². The molecule has 1 N–H and O–H groups in total. The molecule has 2 amide bonds.